The van der Waals surface area contributed by atoms with Crippen molar-refractivity contribution in [3.05, 3.63) is 65.7 Å². The van der Waals surface area contributed by atoms with Gasteiger partial charge < -0.3 is 0 Å². The Morgan fingerprint density at radius 1 is 0.938 bits per heavy atom. The number of aromatic nitrogens is 1. The molecule has 1 aromatic heterocycles. The normalized spacial score (nSPS) is 9.56. The summed E-state index contributed by atoms with van der Waals surface area (Å²) in [5.74, 6) is 0. The first kappa shape index (κ1) is 10.8. The van der Waals surface area contributed by atoms with Gasteiger partial charge in [-0.2, -0.15) is 0 Å². The van der Waals surface area contributed by atoms with E-state index in [-0.39, 0.29) is 0 Å². The number of benzene rings is 2. The summed E-state index contributed by atoms with van der Waals surface area (Å²) in [4.78, 5) is 4.20. The average Bonchev–Trinajstić information content (AvgIpc) is 2.79. The highest BCUT2D eigenvalue weighted by atomic mass is 32.1. The SMILES string of the molecule is Cc1ccc2scnc2c1.c1ccccc1. The van der Waals surface area contributed by atoms with Gasteiger partial charge in [0.25, 0.3) is 0 Å². The molecule has 0 saturated carbocycles. The van der Waals surface area contributed by atoms with Crippen LogP contribution in [-0.2, 0) is 0 Å². The Labute approximate surface area is 99.4 Å². The van der Waals surface area contributed by atoms with Crippen molar-refractivity contribution >= 4 is 21.6 Å². The topological polar surface area (TPSA) is 12.9 Å². The Bertz CT molecular complexity index is 516. The molecule has 3 aromatic rings. The maximum Gasteiger partial charge on any atom is 0.0814 e. The van der Waals surface area contributed by atoms with E-state index in [1.165, 1.54) is 10.3 Å². The number of hydrogen-bond donors (Lipinski definition) is 0. The van der Waals surface area contributed by atoms with E-state index in [0.717, 1.165) is 5.52 Å². The maximum atomic E-state index is 4.20. The summed E-state index contributed by atoms with van der Waals surface area (Å²) in [6.45, 7) is 2.08. The van der Waals surface area contributed by atoms with Gasteiger partial charge >= 0.3 is 0 Å². The Morgan fingerprint density at radius 3 is 2.19 bits per heavy atom. The van der Waals surface area contributed by atoms with Crippen molar-refractivity contribution in [2.45, 2.75) is 6.92 Å². The lowest BCUT2D eigenvalue weighted by Gasteiger charge is -1.88. The molecular formula is C14H13NS. The van der Waals surface area contributed by atoms with Crippen LogP contribution < -0.4 is 0 Å². The molecule has 0 N–H and O–H groups in total. The van der Waals surface area contributed by atoms with Crippen LogP contribution in [0.15, 0.2) is 60.1 Å². The number of fused-ring (bicyclic) bond motifs is 1. The van der Waals surface area contributed by atoms with E-state index in [1.54, 1.807) is 11.3 Å². The van der Waals surface area contributed by atoms with Gasteiger partial charge in [-0.25, -0.2) is 4.98 Å². The zero-order valence-corrected chi connectivity index (χ0v) is 9.95. The minimum Gasteiger partial charge on any atom is -0.245 e. The summed E-state index contributed by atoms with van der Waals surface area (Å²) in [5, 5.41) is 0. The molecule has 0 spiro atoms. The third-order valence-electron chi connectivity index (χ3n) is 2.15. The maximum absolute atomic E-state index is 4.20. The summed E-state index contributed by atoms with van der Waals surface area (Å²) in [7, 11) is 0. The lowest BCUT2D eigenvalue weighted by Crippen LogP contribution is -1.69. The molecule has 2 aromatic carbocycles. The second-order valence-electron chi connectivity index (χ2n) is 3.48. The molecule has 0 saturated heterocycles. The van der Waals surface area contributed by atoms with Crippen molar-refractivity contribution in [3.63, 3.8) is 0 Å². The van der Waals surface area contributed by atoms with E-state index in [0.29, 0.717) is 0 Å². The van der Waals surface area contributed by atoms with Crippen LogP contribution in [0, 0.1) is 6.92 Å². The summed E-state index contributed by atoms with van der Waals surface area (Å²) < 4.78 is 1.27. The smallest absolute Gasteiger partial charge is 0.0814 e. The van der Waals surface area contributed by atoms with Crippen LogP contribution in [0.2, 0.25) is 0 Å². The van der Waals surface area contributed by atoms with Gasteiger partial charge in [-0.1, -0.05) is 42.5 Å². The first-order valence-corrected chi connectivity index (χ1v) is 6.04. The minimum absolute atomic E-state index is 1.12. The molecule has 0 fully saturated rings. The highest BCUT2D eigenvalue weighted by Gasteiger charge is 1.93. The lowest BCUT2D eigenvalue weighted by molar-refractivity contribution is 1.45. The molecular weight excluding hydrogens is 214 g/mol. The number of thiazole rings is 1. The first-order valence-electron chi connectivity index (χ1n) is 5.16. The van der Waals surface area contributed by atoms with Crippen LogP contribution >= 0.6 is 11.3 Å². The molecule has 0 unspecified atom stereocenters. The standard InChI is InChI=1S/C8H7NS.C6H6/c1-6-2-3-8-7(4-6)9-5-10-8;1-2-4-6-5-3-1/h2-5H,1H3;1-6H. The van der Waals surface area contributed by atoms with Gasteiger partial charge in [0.2, 0.25) is 0 Å². The average molecular weight is 227 g/mol. The molecule has 3 rings (SSSR count). The Balaban J connectivity index is 0.000000138. The lowest BCUT2D eigenvalue weighted by atomic mass is 10.2. The number of aryl methyl sites for hydroxylation is 1. The summed E-state index contributed by atoms with van der Waals surface area (Å²) >= 11 is 1.68. The van der Waals surface area contributed by atoms with Crippen molar-refractivity contribution in [1.29, 1.82) is 0 Å². The predicted octanol–water partition coefficient (Wildman–Crippen LogP) is 4.29. The number of nitrogens with zero attached hydrogens (tertiary/aromatic N) is 1. The molecule has 1 nitrogen and oxygen atoms in total. The van der Waals surface area contributed by atoms with Crippen molar-refractivity contribution in [2.24, 2.45) is 0 Å². The molecule has 0 radical (unpaired) electrons. The molecule has 0 aliphatic heterocycles. The first-order chi connectivity index (χ1) is 7.86. The largest absolute Gasteiger partial charge is 0.245 e. The van der Waals surface area contributed by atoms with E-state index >= 15 is 0 Å². The second kappa shape index (κ2) is 5.42. The highest BCUT2D eigenvalue weighted by Crippen LogP contribution is 2.17. The van der Waals surface area contributed by atoms with Crippen LogP contribution in [0.25, 0.3) is 10.2 Å². The summed E-state index contributed by atoms with van der Waals surface area (Å²) in [5.41, 5.74) is 4.27. The highest BCUT2D eigenvalue weighted by molar-refractivity contribution is 7.16. The summed E-state index contributed by atoms with van der Waals surface area (Å²) in [6.07, 6.45) is 0. The molecule has 16 heavy (non-hydrogen) atoms. The molecule has 0 bridgehead atoms. The van der Waals surface area contributed by atoms with Crippen molar-refractivity contribution < 1.29 is 0 Å². The Kier molecular flexibility index (Phi) is 3.67. The van der Waals surface area contributed by atoms with Crippen molar-refractivity contribution in [3.8, 4) is 0 Å². The van der Waals surface area contributed by atoms with Crippen LogP contribution in [-0.4, -0.2) is 4.98 Å². The molecule has 1 heterocycles. The van der Waals surface area contributed by atoms with Crippen molar-refractivity contribution in [2.75, 3.05) is 0 Å². The van der Waals surface area contributed by atoms with Gasteiger partial charge in [-0.3, -0.25) is 0 Å². The van der Waals surface area contributed by atoms with E-state index in [2.05, 4.69) is 30.1 Å². The number of rotatable bonds is 0. The molecule has 0 aliphatic rings. The third kappa shape index (κ3) is 2.91. The Hall–Kier alpha value is -1.67. The quantitative estimate of drug-likeness (QED) is 0.558. The van der Waals surface area contributed by atoms with Gasteiger partial charge in [0.15, 0.2) is 0 Å². The van der Waals surface area contributed by atoms with E-state index < -0.39 is 0 Å². The molecule has 0 amide bonds. The fraction of sp³-hybridized carbons (Fsp3) is 0.0714. The minimum atomic E-state index is 1.12. The summed E-state index contributed by atoms with van der Waals surface area (Å²) in [6, 6.07) is 18.3. The molecule has 0 aliphatic carbocycles. The molecule has 2 heteroatoms. The predicted molar refractivity (Wildman–Crippen MR) is 70.8 cm³/mol. The van der Waals surface area contributed by atoms with Gasteiger partial charge in [0.1, 0.15) is 0 Å². The van der Waals surface area contributed by atoms with Gasteiger partial charge in [0, 0.05) is 0 Å². The third-order valence-corrected chi connectivity index (χ3v) is 2.96. The fourth-order valence-corrected chi connectivity index (χ4v) is 2.01. The van der Waals surface area contributed by atoms with Crippen LogP contribution in [0.3, 0.4) is 0 Å². The van der Waals surface area contributed by atoms with E-state index in [1.807, 2.05) is 41.9 Å². The monoisotopic (exact) mass is 227 g/mol. The van der Waals surface area contributed by atoms with E-state index in [4.69, 9.17) is 0 Å². The fourth-order valence-electron chi connectivity index (χ4n) is 1.35. The van der Waals surface area contributed by atoms with E-state index in [9.17, 15) is 0 Å². The zero-order chi connectivity index (χ0) is 11.2. The second-order valence-corrected chi connectivity index (χ2v) is 4.36. The number of hydrogen-bond acceptors (Lipinski definition) is 2. The van der Waals surface area contributed by atoms with Crippen LogP contribution in [0.4, 0.5) is 0 Å². The molecule has 80 valence electrons. The van der Waals surface area contributed by atoms with Gasteiger partial charge in [0.05, 0.1) is 15.7 Å². The van der Waals surface area contributed by atoms with Gasteiger partial charge in [-0.05, 0) is 24.6 Å². The molecule has 0 atom stereocenters. The van der Waals surface area contributed by atoms with Crippen LogP contribution in [0.5, 0.6) is 0 Å². The Morgan fingerprint density at radius 2 is 1.56 bits per heavy atom. The zero-order valence-electron chi connectivity index (χ0n) is 9.13. The van der Waals surface area contributed by atoms with Crippen LogP contribution in [0.1, 0.15) is 5.56 Å². The van der Waals surface area contributed by atoms with Gasteiger partial charge in [-0.15, -0.1) is 11.3 Å². The van der Waals surface area contributed by atoms with Crippen molar-refractivity contribution in [1.82, 2.24) is 4.98 Å².